The van der Waals surface area contributed by atoms with Crippen LogP contribution < -0.4 is 10.1 Å². The summed E-state index contributed by atoms with van der Waals surface area (Å²) in [7, 11) is -0.870. The highest BCUT2D eigenvalue weighted by atomic mass is 32.2. The van der Waals surface area contributed by atoms with Crippen molar-refractivity contribution >= 4 is 10.8 Å². The first kappa shape index (κ1) is 13.4. The first-order valence-corrected chi connectivity index (χ1v) is 7.19. The van der Waals surface area contributed by atoms with Gasteiger partial charge in [0.25, 0.3) is 0 Å². The van der Waals surface area contributed by atoms with Crippen LogP contribution in [0.2, 0.25) is 0 Å². The maximum atomic E-state index is 12.1. The third kappa shape index (κ3) is 3.49. The van der Waals surface area contributed by atoms with Gasteiger partial charge in [0.05, 0.1) is 0 Å². The summed E-state index contributed by atoms with van der Waals surface area (Å²) >= 11 is 0. The average Bonchev–Trinajstić information content (AvgIpc) is 2.27. The number of benzene rings is 1. The van der Waals surface area contributed by atoms with Crippen molar-refractivity contribution in [3.05, 3.63) is 29.8 Å². The summed E-state index contributed by atoms with van der Waals surface area (Å²) in [6, 6.07) is 6.63. The quantitative estimate of drug-likeness (QED) is 0.917. The molecular weight excluding hydrogens is 260 g/mol. The Bertz CT molecular complexity index is 442. The molecule has 0 aliphatic carbocycles. The van der Waals surface area contributed by atoms with Crippen LogP contribution in [0.1, 0.15) is 18.5 Å². The van der Waals surface area contributed by atoms with E-state index in [1.54, 1.807) is 12.1 Å². The van der Waals surface area contributed by atoms with Gasteiger partial charge in [0.2, 0.25) is 0 Å². The normalized spacial score (nSPS) is 28.3. The standard InChI is InChI=1S/C12H15F2NO2S/c1-8-6-18(16)7-11(15-8)9-3-2-4-10(5-9)17-12(13)14/h2-5,8,11-12,15H,6-7H2,1H3. The van der Waals surface area contributed by atoms with Gasteiger partial charge in [-0.2, -0.15) is 8.78 Å². The lowest BCUT2D eigenvalue weighted by Crippen LogP contribution is -2.43. The van der Waals surface area contributed by atoms with E-state index in [1.807, 2.05) is 13.0 Å². The molecule has 0 aromatic heterocycles. The molecule has 0 saturated carbocycles. The zero-order chi connectivity index (χ0) is 13.1. The predicted octanol–water partition coefficient (Wildman–Crippen LogP) is 2.07. The number of hydrogen-bond donors (Lipinski definition) is 1. The fourth-order valence-electron chi connectivity index (χ4n) is 2.07. The van der Waals surface area contributed by atoms with Gasteiger partial charge in [0, 0.05) is 34.4 Å². The van der Waals surface area contributed by atoms with Gasteiger partial charge in [-0.15, -0.1) is 0 Å². The van der Waals surface area contributed by atoms with E-state index in [2.05, 4.69) is 10.1 Å². The number of hydrogen-bond acceptors (Lipinski definition) is 3. The molecule has 1 aliphatic rings. The molecule has 6 heteroatoms. The van der Waals surface area contributed by atoms with E-state index < -0.39 is 17.4 Å². The van der Waals surface area contributed by atoms with Gasteiger partial charge >= 0.3 is 6.61 Å². The van der Waals surface area contributed by atoms with Crippen LogP contribution in [0.3, 0.4) is 0 Å². The van der Waals surface area contributed by atoms with Crippen LogP contribution in [0.15, 0.2) is 24.3 Å². The van der Waals surface area contributed by atoms with Crippen molar-refractivity contribution in [2.75, 3.05) is 11.5 Å². The van der Waals surface area contributed by atoms with E-state index in [0.717, 1.165) is 5.56 Å². The van der Waals surface area contributed by atoms with Gasteiger partial charge in [0.15, 0.2) is 0 Å². The molecule has 1 N–H and O–H groups in total. The van der Waals surface area contributed by atoms with E-state index in [1.165, 1.54) is 6.07 Å². The van der Waals surface area contributed by atoms with E-state index in [4.69, 9.17) is 0 Å². The molecule has 0 amide bonds. The second kappa shape index (κ2) is 5.75. The second-order valence-electron chi connectivity index (χ2n) is 4.34. The van der Waals surface area contributed by atoms with Gasteiger partial charge in [0.1, 0.15) is 5.75 Å². The molecule has 2 rings (SSSR count). The summed E-state index contributed by atoms with van der Waals surface area (Å²) in [5.41, 5.74) is 0.827. The molecule has 1 saturated heterocycles. The Kier molecular flexibility index (Phi) is 4.29. The number of rotatable bonds is 3. The van der Waals surface area contributed by atoms with Crippen LogP contribution in [0.4, 0.5) is 8.78 Å². The Labute approximate surface area is 107 Å². The summed E-state index contributed by atoms with van der Waals surface area (Å²) in [4.78, 5) is 0. The highest BCUT2D eigenvalue weighted by molar-refractivity contribution is 7.85. The van der Waals surface area contributed by atoms with Crippen LogP contribution >= 0.6 is 0 Å². The number of nitrogens with one attached hydrogen (secondary N) is 1. The minimum Gasteiger partial charge on any atom is -0.435 e. The smallest absolute Gasteiger partial charge is 0.387 e. The van der Waals surface area contributed by atoms with Crippen LogP contribution in [0, 0.1) is 0 Å². The number of ether oxygens (including phenoxy) is 1. The van der Waals surface area contributed by atoms with Gasteiger partial charge in [-0.05, 0) is 24.6 Å². The topological polar surface area (TPSA) is 38.3 Å². The van der Waals surface area contributed by atoms with Crippen LogP contribution in [-0.2, 0) is 10.8 Å². The summed E-state index contributed by atoms with van der Waals surface area (Å²) in [5.74, 6) is 1.26. The monoisotopic (exact) mass is 275 g/mol. The molecule has 0 radical (unpaired) electrons. The molecule has 3 unspecified atom stereocenters. The van der Waals surface area contributed by atoms with Crippen LogP contribution in [0.25, 0.3) is 0 Å². The van der Waals surface area contributed by atoms with Crippen molar-refractivity contribution in [2.24, 2.45) is 0 Å². The maximum absolute atomic E-state index is 12.1. The molecule has 3 nitrogen and oxygen atoms in total. The summed E-state index contributed by atoms with van der Waals surface area (Å²) in [6.07, 6.45) is 0. The van der Waals surface area contributed by atoms with Crippen molar-refractivity contribution in [1.82, 2.24) is 5.32 Å². The lowest BCUT2D eigenvalue weighted by atomic mass is 10.1. The Hall–Kier alpha value is -1.01. The predicted molar refractivity (Wildman–Crippen MR) is 66.3 cm³/mol. The fraction of sp³-hybridized carbons (Fsp3) is 0.500. The zero-order valence-corrected chi connectivity index (χ0v) is 10.8. The lowest BCUT2D eigenvalue weighted by Gasteiger charge is -2.28. The summed E-state index contributed by atoms with van der Waals surface area (Å²) < 4.78 is 40.3. The highest BCUT2D eigenvalue weighted by Gasteiger charge is 2.24. The Morgan fingerprint density at radius 2 is 2.22 bits per heavy atom. The lowest BCUT2D eigenvalue weighted by molar-refractivity contribution is -0.0499. The van der Waals surface area contributed by atoms with Gasteiger partial charge in [-0.1, -0.05) is 12.1 Å². The third-order valence-electron chi connectivity index (χ3n) is 2.76. The zero-order valence-electron chi connectivity index (χ0n) is 9.94. The van der Waals surface area contributed by atoms with Crippen molar-refractivity contribution in [3.8, 4) is 5.75 Å². The fourth-order valence-corrected chi connectivity index (χ4v) is 3.52. The molecule has 0 spiro atoms. The summed E-state index contributed by atoms with van der Waals surface area (Å²) in [6.45, 7) is -0.864. The van der Waals surface area contributed by atoms with Crippen molar-refractivity contribution in [3.63, 3.8) is 0 Å². The molecule has 1 fully saturated rings. The average molecular weight is 275 g/mol. The third-order valence-corrected chi connectivity index (χ3v) is 4.34. The molecule has 1 aliphatic heterocycles. The van der Waals surface area contributed by atoms with Gasteiger partial charge in [-0.3, -0.25) is 4.21 Å². The molecule has 1 aromatic rings. The Morgan fingerprint density at radius 3 is 2.89 bits per heavy atom. The molecule has 1 heterocycles. The first-order valence-electron chi connectivity index (χ1n) is 5.70. The van der Waals surface area contributed by atoms with Crippen molar-refractivity contribution in [1.29, 1.82) is 0 Å². The van der Waals surface area contributed by atoms with Crippen molar-refractivity contribution in [2.45, 2.75) is 25.6 Å². The Balaban J connectivity index is 2.14. The van der Waals surface area contributed by atoms with Crippen LogP contribution in [0.5, 0.6) is 5.75 Å². The highest BCUT2D eigenvalue weighted by Crippen LogP contribution is 2.24. The Morgan fingerprint density at radius 1 is 1.44 bits per heavy atom. The molecular formula is C12H15F2NO2S. The molecule has 3 atom stereocenters. The molecule has 18 heavy (non-hydrogen) atoms. The SMILES string of the molecule is CC1CS(=O)CC(c2cccc(OC(F)F)c2)N1. The molecule has 0 bridgehead atoms. The second-order valence-corrected chi connectivity index (χ2v) is 5.89. The molecule has 100 valence electrons. The minimum atomic E-state index is -2.83. The molecule has 1 aromatic carbocycles. The van der Waals surface area contributed by atoms with E-state index >= 15 is 0 Å². The maximum Gasteiger partial charge on any atom is 0.387 e. The first-order chi connectivity index (χ1) is 8.54. The largest absolute Gasteiger partial charge is 0.435 e. The van der Waals surface area contributed by atoms with E-state index in [9.17, 15) is 13.0 Å². The number of halogens is 2. The van der Waals surface area contributed by atoms with Crippen molar-refractivity contribution < 1.29 is 17.7 Å². The van der Waals surface area contributed by atoms with Gasteiger partial charge < -0.3 is 10.1 Å². The van der Waals surface area contributed by atoms with Gasteiger partial charge in [-0.25, -0.2) is 0 Å². The number of alkyl halides is 2. The van der Waals surface area contributed by atoms with Crippen LogP contribution in [-0.4, -0.2) is 28.4 Å². The minimum absolute atomic E-state index is 0.0733. The summed E-state index contributed by atoms with van der Waals surface area (Å²) in [5, 5.41) is 3.31. The van der Waals surface area contributed by atoms with E-state index in [-0.39, 0.29) is 17.8 Å². The van der Waals surface area contributed by atoms with E-state index in [0.29, 0.717) is 11.5 Å².